The monoisotopic (exact) mass is 219 g/mol. The van der Waals surface area contributed by atoms with Gasteiger partial charge in [-0.2, -0.15) is 0 Å². The number of carboxylic acid groups (broad SMARTS) is 1. The molecular formula is C13H17NO2. The average Bonchev–Trinajstić information content (AvgIpc) is 2.52. The maximum atomic E-state index is 10.8. The Bertz CT molecular complexity index is 414. The number of benzene rings is 1. The average molecular weight is 219 g/mol. The van der Waals surface area contributed by atoms with Crippen LogP contribution in [-0.4, -0.2) is 23.7 Å². The lowest BCUT2D eigenvalue weighted by molar-refractivity contribution is -0.137. The van der Waals surface area contributed by atoms with Crippen LogP contribution in [0.15, 0.2) is 18.2 Å². The summed E-state index contributed by atoms with van der Waals surface area (Å²) in [5.41, 5.74) is 3.73. The summed E-state index contributed by atoms with van der Waals surface area (Å²) in [5, 5.41) is 8.89. The number of hydrogen-bond donors (Lipinski definition) is 1. The van der Waals surface area contributed by atoms with Gasteiger partial charge >= 0.3 is 5.97 Å². The Balaban J connectivity index is 2.28. The fourth-order valence-corrected chi connectivity index (χ4v) is 2.53. The first-order chi connectivity index (χ1) is 7.61. The molecule has 1 unspecified atom stereocenters. The molecule has 1 aliphatic heterocycles. The lowest BCUT2D eigenvalue weighted by Gasteiger charge is -2.24. The summed E-state index contributed by atoms with van der Waals surface area (Å²) < 4.78 is 0. The Morgan fingerprint density at radius 2 is 2.31 bits per heavy atom. The molecule has 1 atom stereocenters. The summed E-state index contributed by atoms with van der Waals surface area (Å²) >= 11 is 0. The molecule has 1 N–H and O–H groups in total. The highest BCUT2D eigenvalue weighted by molar-refractivity contribution is 5.70. The molecule has 0 saturated carbocycles. The van der Waals surface area contributed by atoms with Gasteiger partial charge in [-0.25, -0.2) is 0 Å². The number of rotatable bonds is 3. The van der Waals surface area contributed by atoms with E-state index in [9.17, 15) is 4.79 Å². The summed E-state index contributed by atoms with van der Waals surface area (Å²) in [6.45, 7) is 5.01. The SMILES string of the molecule is CCN1c2ccc(C)cc2CC1CC(=O)O. The van der Waals surface area contributed by atoms with E-state index < -0.39 is 5.97 Å². The number of carboxylic acids is 1. The van der Waals surface area contributed by atoms with Crippen molar-refractivity contribution in [3.63, 3.8) is 0 Å². The fourth-order valence-electron chi connectivity index (χ4n) is 2.53. The Labute approximate surface area is 95.7 Å². The zero-order valence-corrected chi connectivity index (χ0v) is 9.73. The molecule has 3 heteroatoms. The molecule has 1 aromatic rings. The minimum Gasteiger partial charge on any atom is -0.481 e. The van der Waals surface area contributed by atoms with Gasteiger partial charge in [-0.1, -0.05) is 17.7 Å². The lowest BCUT2D eigenvalue weighted by atomic mass is 10.1. The summed E-state index contributed by atoms with van der Waals surface area (Å²) in [6.07, 6.45) is 1.08. The second-order valence-corrected chi connectivity index (χ2v) is 4.37. The molecule has 2 rings (SSSR count). The number of aliphatic carboxylic acids is 1. The largest absolute Gasteiger partial charge is 0.481 e. The summed E-state index contributed by atoms with van der Waals surface area (Å²) in [5.74, 6) is -0.715. The van der Waals surface area contributed by atoms with Crippen LogP contribution < -0.4 is 4.90 Å². The Kier molecular flexibility index (Phi) is 2.86. The number of fused-ring (bicyclic) bond motifs is 1. The fraction of sp³-hybridized carbons (Fsp3) is 0.462. The summed E-state index contributed by atoms with van der Waals surface area (Å²) in [6, 6.07) is 6.49. The van der Waals surface area contributed by atoms with Crippen molar-refractivity contribution in [2.75, 3.05) is 11.4 Å². The molecule has 86 valence electrons. The third-order valence-electron chi connectivity index (χ3n) is 3.19. The van der Waals surface area contributed by atoms with Crippen molar-refractivity contribution < 1.29 is 9.90 Å². The molecule has 0 aromatic heterocycles. The molecule has 0 amide bonds. The topological polar surface area (TPSA) is 40.5 Å². The van der Waals surface area contributed by atoms with Gasteiger partial charge in [-0.3, -0.25) is 4.79 Å². The molecule has 0 aliphatic carbocycles. The standard InChI is InChI=1S/C13H17NO2/c1-3-14-11(8-13(15)16)7-10-6-9(2)4-5-12(10)14/h4-6,11H,3,7-8H2,1-2H3,(H,15,16). The zero-order chi connectivity index (χ0) is 11.7. The van der Waals surface area contributed by atoms with Gasteiger partial charge in [0.25, 0.3) is 0 Å². The molecule has 0 spiro atoms. The highest BCUT2D eigenvalue weighted by Crippen LogP contribution is 2.33. The maximum Gasteiger partial charge on any atom is 0.305 e. The predicted octanol–water partition coefficient (Wildman–Crippen LogP) is 2.22. The van der Waals surface area contributed by atoms with Crippen molar-refractivity contribution in [2.45, 2.75) is 32.7 Å². The van der Waals surface area contributed by atoms with E-state index in [2.05, 4.69) is 36.9 Å². The minimum absolute atomic E-state index is 0.124. The lowest BCUT2D eigenvalue weighted by Crippen LogP contribution is -2.33. The third-order valence-corrected chi connectivity index (χ3v) is 3.19. The highest BCUT2D eigenvalue weighted by Gasteiger charge is 2.29. The van der Waals surface area contributed by atoms with Crippen LogP contribution in [0.5, 0.6) is 0 Å². The van der Waals surface area contributed by atoms with E-state index in [0.29, 0.717) is 0 Å². The normalized spacial score (nSPS) is 18.6. The van der Waals surface area contributed by atoms with Crippen LogP contribution in [-0.2, 0) is 11.2 Å². The quantitative estimate of drug-likeness (QED) is 0.847. The van der Waals surface area contributed by atoms with Gasteiger partial charge < -0.3 is 10.0 Å². The Hall–Kier alpha value is -1.51. The second kappa shape index (κ2) is 4.16. The first kappa shape index (κ1) is 11.0. The Morgan fingerprint density at radius 1 is 1.56 bits per heavy atom. The molecule has 0 bridgehead atoms. The predicted molar refractivity (Wildman–Crippen MR) is 63.9 cm³/mol. The second-order valence-electron chi connectivity index (χ2n) is 4.37. The van der Waals surface area contributed by atoms with Crippen LogP contribution in [0.4, 0.5) is 5.69 Å². The van der Waals surface area contributed by atoms with Crippen molar-refractivity contribution in [3.05, 3.63) is 29.3 Å². The molecule has 16 heavy (non-hydrogen) atoms. The molecule has 0 saturated heterocycles. The van der Waals surface area contributed by atoms with E-state index in [-0.39, 0.29) is 12.5 Å². The van der Waals surface area contributed by atoms with Crippen molar-refractivity contribution in [3.8, 4) is 0 Å². The van der Waals surface area contributed by atoms with Gasteiger partial charge in [0.2, 0.25) is 0 Å². The van der Waals surface area contributed by atoms with Crippen LogP contribution in [0.1, 0.15) is 24.5 Å². The number of anilines is 1. The number of aryl methyl sites for hydroxylation is 1. The van der Waals surface area contributed by atoms with Crippen molar-refractivity contribution >= 4 is 11.7 Å². The van der Waals surface area contributed by atoms with Crippen LogP contribution in [0.2, 0.25) is 0 Å². The van der Waals surface area contributed by atoms with Crippen LogP contribution >= 0.6 is 0 Å². The summed E-state index contributed by atoms with van der Waals surface area (Å²) in [7, 11) is 0. The first-order valence-electron chi connectivity index (χ1n) is 5.69. The Morgan fingerprint density at radius 3 is 2.94 bits per heavy atom. The van der Waals surface area contributed by atoms with Gasteiger partial charge in [-0.05, 0) is 31.9 Å². The molecule has 1 heterocycles. The van der Waals surface area contributed by atoms with Crippen LogP contribution in [0.25, 0.3) is 0 Å². The van der Waals surface area contributed by atoms with E-state index >= 15 is 0 Å². The molecule has 1 aromatic carbocycles. The highest BCUT2D eigenvalue weighted by atomic mass is 16.4. The van der Waals surface area contributed by atoms with E-state index in [1.54, 1.807) is 0 Å². The van der Waals surface area contributed by atoms with Crippen molar-refractivity contribution in [2.24, 2.45) is 0 Å². The zero-order valence-electron chi connectivity index (χ0n) is 9.73. The first-order valence-corrected chi connectivity index (χ1v) is 5.69. The molecule has 3 nitrogen and oxygen atoms in total. The minimum atomic E-state index is -0.715. The number of likely N-dealkylation sites (N-methyl/N-ethyl adjacent to an activating group) is 1. The van der Waals surface area contributed by atoms with Crippen LogP contribution in [0.3, 0.4) is 0 Å². The number of carbonyl (C=O) groups is 1. The van der Waals surface area contributed by atoms with Gasteiger partial charge in [0.1, 0.15) is 0 Å². The smallest absolute Gasteiger partial charge is 0.305 e. The van der Waals surface area contributed by atoms with Gasteiger partial charge in [-0.15, -0.1) is 0 Å². The molecule has 0 radical (unpaired) electrons. The maximum absolute atomic E-state index is 10.8. The van der Waals surface area contributed by atoms with Crippen molar-refractivity contribution in [1.82, 2.24) is 0 Å². The molecule has 1 aliphatic rings. The summed E-state index contributed by atoms with van der Waals surface area (Å²) in [4.78, 5) is 13.0. The van der Waals surface area contributed by atoms with Gasteiger partial charge in [0, 0.05) is 18.3 Å². The van der Waals surface area contributed by atoms with Crippen LogP contribution in [0, 0.1) is 6.92 Å². The van der Waals surface area contributed by atoms with Crippen molar-refractivity contribution in [1.29, 1.82) is 0 Å². The molecular weight excluding hydrogens is 202 g/mol. The third kappa shape index (κ3) is 1.90. The van der Waals surface area contributed by atoms with Gasteiger partial charge in [0.15, 0.2) is 0 Å². The van der Waals surface area contributed by atoms with E-state index in [1.165, 1.54) is 16.8 Å². The van der Waals surface area contributed by atoms with E-state index in [1.807, 2.05) is 0 Å². The van der Waals surface area contributed by atoms with E-state index in [4.69, 9.17) is 5.11 Å². The number of hydrogen-bond acceptors (Lipinski definition) is 2. The van der Waals surface area contributed by atoms with Gasteiger partial charge in [0.05, 0.1) is 6.42 Å². The molecule has 0 fully saturated rings. The van der Waals surface area contributed by atoms with E-state index in [0.717, 1.165) is 13.0 Å². The number of nitrogens with zero attached hydrogens (tertiary/aromatic N) is 1.